The van der Waals surface area contributed by atoms with Gasteiger partial charge in [-0.1, -0.05) is 36.4 Å². The van der Waals surface area contributed by atoms with Gasteiger partial charge in [0.1, 0.15) is 10.6 Å². The van der Waals surface area contributed by atoms with Crippen molar-refractivity contribution < 1.29 is 17.9 Å². The number of methoxy groups -OCH3 is 1. The number of amides is 1. The zero-order valence-corrected chi connectivity index (χ0v) is 16.1. The minimum Gasteiger partial charge on any atom is -0.495 e. The number of hydrogen-bond donors (Lipinski definition) is 1. The molecule has 3 aromatic rings. The smallest absolute Gasteiger partial charge is 0.255 e. The van der Waals surface area contributed by atoms with E-state index in [0.717, 1.165) is 15.1 Å². The second-order valence-electron chi connectivity index (χ2n) is 6.13. The zero-order chi connectivity index (χ0) is 19.6. The number of nitrogens with one attached hydrogen (secondary N) is 1. The second kappa shape index (κ2) is 7.38. The van der Waals surface area contributed by atoms with Crippen LogP contribution in [0.1, 0.15) is 10.4 Å². The zero-order valence-electron chi connectivity index (χ0n) is 15.3. The van der Waals surface area contributed by atoms with E-state index in [-0.39, 0.29) is 16.2 Å². The minimum atomic E-state index is -3.75. The van der Waals surface area contributed by atoms with Crippen molar-refractivity contribution in [2.75, 3.05) is 26.5 Å². The van der Waals surface area contributed by atoms with E-state index in [0.29, 0.717) is 5.69 Å². The van der Waals surface area contributed by atoms with Gasteiger partial charge in [0, 0.05) is 30.7 Å². The van der Waals surface area contributed by atoms with E-state index in [1.807, 2.05) is 36.4 Å². The van der Waals surface area contributed by atoms with Gasteiger partial charge in [-0.05, 0) is 29.7 Å². The Morgan fingerprint density at radius 1 is 1.00 bits per heavy atom. The first-order chi connectivity index (χ1) is 12.8. The maximum atomic E-state index is 12.7. The van der Waals surface area contributed by atoms with E-state index < -0.39 is 15.9 Å². The minimum absolute atomic E-state index is 0.0550. The van der Waals surface area contributed by atoms with Crippen LogP contribution in [-0.2, 0) is 10.0 Å². The average molecular weight is 384 g/mol. The van der Waals surface area contributed by atoms with Crippen LogP contribution < -0.4 is 10.1 Å². The van der Waals surface area contributed by atoms with Crippen molar-refractivity contribution in [3.05, 3.63) is 66.2 Å². The summed E-state index contributed by atoms with van der Waals surface area (Å²) in [6, 6.07) is 17.7. The highest BCUT2D eigenvalue weighted by molar-refractivity contribution is 7.89. The fourth-order valence-corrected chi connectivity index (χ4v) is 3.82. The molecule has 27 heavy (non-hydrogen) atoms. The first kappa shape index (κ1) is 18.9. The van der Waals surface area contributed by atoms with Crippen LogP contribution in [0.15, 0.2) is 65.6 Å². The molecule has 6 nitrogen and oxygen atoms in total. The number of carbonyl (C=O) groups is 1. The molecule has 0 spiro atoms. The number of nitrogens with zero attached hydrogens (tertiary/aromatic N) is 1. The number of hydrogen-bond acceptors (Lipinski definition) is 4. The Morgan fingerprint density at radius 3 is 2.41 bits per heavy atom. The Hall–Kier alpha value is -2.90. The fraction of sp³-hybridized carbons (Fsp3) is 0.150. The molecule has 0 saturated heterocycles. The summed E-state index contributed by atoms with van der Waals surface area (Å²) in [6.45, 7) is 0. The molecular formula is C20H20N2O4S. The van der Waals surface area contributed by atoms with Gasteiger partial charge in [0.25, 0.3) is 5.91 Å². The number of ether oxygens (including phenoxy) is 1. The first-order valence-corrected chi connectivity index (χ1v) is 9.68. The van der Waals surface area contributed by atoms with Crippen LogP contribution in [0, 0.1) is 0 Å². The maximum Gasteiger partial charge on any atom is 0.255 e. The molecule has 140 valence electrons. The van der Waals surface area contributed by atoms with Gasteiger partial charge in [0.2, 0.25) is 10.0 Å². The molecule has 1 amide bonds. The highest BCUT2D eigenvalue weighted by Crippen LogP contribution is 2.28. The van der Waals surface area contributed by atoms with Crippen molar-refractivity contribution >= 4 is 32.4 Å². The topological polar surface area (TPSA) is 75.7 Å². The Kier molecular flexibility index (Phi) is 5.16. The van der Waals surface area contributed by atoms with Gasteiger partial charge in [0.15, 0.2) is 0 Å². The number of rotatable bonds is 5. The molecule has 0 fully saturated rings. The summed E-state index contributed by atoms with van der Waals surface area (Å²) in [6.07, 6.45) is 0. The molecule has 3 aromatic carbocycles. The van der Waals surface area contributed by atoms with Gasteiger partial charge in [-0.2, -0.15) is 0 Å². The van der Waals surface area contributed by atoms with E-state index in [4.69, 9.17) is 4.74 Å². The third kappa shape index (κ3) is 3.65. The molecule has 0 atom stereocenters. The lowest BCUT2D eigenvalue weighted by Crippen LogP contribution is -2.23. The van der Waals surface area contributed by atoms with Gasteiger partial charge in [0.05, 0.1) is 7.11 Å². The Bertz CT molecular complexity index is 1100. The summed E-state index contributed by atoms with van der Waals surface area (Å²) in [5, 5.41) is 4.76. The highest BCUT2D eigenvalue weighted by Gasteiger charge is 2.24. The monoisotopic (exact) mass is 384 g/mol. The Morgan fingerprint density at radius 2 is 1.70 bits per heavy atom. The number of sulfonamides is 1. The number of benzene rings is 3. The van der Waals surface area contributed by atoms with Crippen LogP contribution in [0.2, 0.25) is 0 Å². The molecule has 0 saturated carbocycles. The SMILES string of the molecule is COc1ccc(C(=O)Nc2cccc3ccccc23)cc1S(=O)(=O)N(C)C. The van der Waals surface area contributed by atoms with E-state index in [1.165, 1.54) is 39.4 Å². The van der Waals surface area contributed by atoms with Crippen molar-refractivity contribution in [1.82, 2.24) is 4.31 Å². The van der Waals surface area contributed by atoms with Crippen LogP contribution in [0.25, 0.3) is 10.8 Å². The lowest BCUT2D eigenvalue weighted by atomic mass is 10.1. The number of anilines is 1. The van der Waals surface area contributed by atoms with Crippen molar-refractivity contribution in [3.8, 4) is 5.75 Å². The molecule has 0 aliphatic carbocycles. The van der Waals surface area contributed by atoms with Crippen LogP contribution in [0.3, 0.4) is 0 Å². The highest BCUT2D eigenvalue weighted by atomic mass is 32.2. The van der Waals surface area contributed by atoms with Crippen molar-refractivity contribution in [1.29, 1.82) is 0 Å². The number of fused-ring (bicyclic) bond motifs is 1. The van der Waals surface area contributed by atoms with Gasteiger partial charge < -0.3 is 10.1 Å². The third-order valence-corrected chi connectivity index (χ3v) is 6.06. The normalized spacial score (nSPS) is 11.6. The second-order valence-corrected chi connectivity index (χ2v) is 8.25. The molecule has 0 heterocycles. The lowest BCUT2D eigenvalue weighted by Gasteiger charge is -2.16. The summed E-state index contributed by atoms with van der Waals surface area (Å²) in [7, 11) is 0.490. The first-order valence-electron chi connectivity index (χ1n) is 8.24. The largest absolute Gasteiger partial charge is 0.495 e. The summed E-state index contributed by atoms with van der Waals surface area (Å²) in [4.78, 5) is 12.7. The van der Waals surface area contributed by atoms with E-state index in [9.17, 15) is 13.2 Å². The Labute approximate surface area is 158 Å². The quantitative estimate of drug-likeness (QED) is 0.732. The van der Waals surface area contributed by atoms with Crippen molar-refractivity contribution in [2.45, 2.75) is 4.90 Å². The van der Waals surface area contributed by atoms with Crippen molar-refractivity contribution in [2.24, 2.45) is 0 Å². The predicted octanol–water partition coefficient (Wildman–Crippen LogP) is 3.35. The van der Waals surface area contributed by atoms with E-state index >= 15 is 0 Å². The van der Waals surface area contributed by atoms with E-state index in [2.05, 4.69) is 5.32 Å². The molecule has 0 aliphatic heterocycles. The van der Waals surface area contributed by atoms with Crippen LogP contribution in [-0.4, -0.2) is 39.8 Å². The van der Waals surface area contributed by atoms with Crippen LogP contribution in [0.5, 0.6) is 5.75 Å². The molecule has 0 aromatic heterocycles. The molecule has 1 N–H and O–H groups in total. The predicted molar refractivity (Wildman–Crippen MR) is 106 cm³/mol. The molecule has 0 aliphatic rings. The van der Waals surface area contributed by atoms with Gasteiger partial charge in [-0.25, -0.2) is 12.7 Å². The summed E-state index contributed by atoms with van der Waals surface area (Å²) < 4.78 is 31.3. The van der Waals surface area contributed by atoms with Crippen molar-refractivity contribution in [3.63, 3.8) is 0 Å². The molecule has 0 unspecified atom stereocenters. The molecular weight excluding hydrogens is 364 g/mol. The fourth-order valence-electron chi connectivity index (χ4n) is 2.75. The molecule has 0 bridgehead atoms. The van der Waals surface area contributed by atoms with Gasteiger partial charge in [-0.15, -0.1) is 0 Å². The van der Waals surface area contributed by atoms with Crippen LogP contribution in [0.4, 0.5) is 5.69 Å². The van der Waals surface area contributed by atoms with E-state index in [1.54, 1.807) is 6.07 Å². The average Bonchev–Trinajstić information content (AvgIpc) is 2.67. The molecule has 0 radical (unpaired) electrons. The standard InChI is InChI=1S/C20H20N2O4S/c1-22(2)27(24,25)19-13-15(11-12-18(19)26-3)20(23)21-17-10-6-8-14-7-4-5-9-16(14)17/h4-13H,1-3H3,(H,21,23). The Balaban J connectivity index is 2.00. The molecule has 7 heteroatoms. The van der Waals surface area contributed by atoms with Gasteiger partial charge in [-0.3, -0.25) is 4.79 Å². The number of carbonyl (C=O) groups excluding carboxylic acids is 1. The lowest BCUT2D eigenvalue weighted by molar-refractivity contribution is 0.102. The summed E-state index contributed by atoms with van der Waals surface area (Å²) in [5.41, 5.74) is 0.884. The van der Waals surface area contributed by atoms with Gasteiger partial charge >= 0.3 is 0 Å². The maximum absolute atomic E-state index is 12.7. The third-order valence-electron chi connectivity index (χ3n) is 4.22. The van der Waals surface area contributed by atoms with Crippen LogP contribution >= 0.6 is 0 Å². The summed E-state index contributed by atoms with van der Waals surface area (Å²) >= 11 is 0. The molecule has 3 rings (SSSR count). The summed E-state index contributed by atoms with van der Waals surface area (Å²) in [5.74, 6) is -0.213.